The van der Waals surface area contributed by atoms with Crippen molar-refractivity contribution in [2.45, 2.75) is 33.4 Å². The summed E-state index contributed by atoms with van der Waals surface area (Å²) in [6.07, 6.45) is 0. The molecule has 7 heteroatoms. The van der Waals surface area contributed by atoms with Crippen LogP contribution >= 0.6 is 0 Å². The molecule has 146 valence electrons. The summed E-state index contributed by atoms with van der Waals surface area (Å²) < 4.78 is 34.9. The van der Waals surface area contributed by atoms with Gasteiger partial charge in [0, 0.05) is 24.0 Å². The number of benzene rings is 2. The van der Waals surface area contributed by atoms with Gasteiger partial charge in [-0.3, -0.25) is 4.79 Å². The Bertz CT molecular complexity index is 764. The Morgan fingerprint density at radius 2 is 1.81 bits per heavy atom. The molecule has 0 spiro atoms. The van der Waals surface area contributed by atoms with Crippen molar-refractivity contribution in [3.05, 3.63) is 48.0 Å². The maximum absolute atomic E-state index is 12.7. The zero-order chi connectivity index (χ0) is 20.0. The first-order valence-electron chi connectivity index (χ1n) is 8.67. The molecule has 0 aliphatic carbocycles. The van der Waals surface area contributed by atoms with Gasteiger partial charge in [0.25, 0.3) is 5.91 Å². The van der Waals surface area contributed by atoms with E-state index in [2.05, 4.69) is 35.7 Å². The lowest BCUT2D eigenvalue weighted by Gasteiger charge is -2.27. The molecule has 0 radical (unpaired) electrons. The van der Waals surface area contributed by atoms with Gasteiger partial charge in [-0.05, 0) is 57.2 Å². The second-order valence-electron chi connectivity index (χ2n) is 6.10. The van der Waals surface area contributed by atoms with Crippen molar-refractivity contribution in [1.29, 1.82) is 0 Å². The van der Waals surface area contributed by atoms with Gasteiger partial charge < -0.3 is 19.7 Å². The second-order valence-corrected chi connectivity index (χ2v) is 6.10. The molecular formula is C20H24F2N2O3. The summed E-state index contributed by atoms with van der Waals surface area (Å²) in [7, 11) is 1.32. The number of ether oxygens (including phenoxy) is 2. The van der Waals surface area contributed by atoms with Crippen LogP contribution in [0.15, 0.2) is 42.5 Å². The molecule has 0 saturated carbocycles. The standard InChI is InChI=1S/C20H24F2N2O3/c1-5-24(13(2)3)15-11-9-14(10-12-15)23-19(25)16-7-6-8-17(26-4)18(16)27-20(21)22/h6-13,20H,5H2,1-4H3,(H,23,25). The van der Waals surface area contributed by atoms with Gasteiger partial charge in [0.2, 0.25) is 0 Å². The first kappa shape index (κ1) is 20.5. The Morgan fingerprint density at radius 1 is 1.15 bits per heavy atom. The molecule has 0 atom stereocenters. The first-order chi connectivity index (χ1) is 12.9. The highest BCUT2D eigenvalue weighted by Gasteiger charge is 2.20. The minimum atomic E-state index is -3.07. The molecule has 0 aliphatic rings. The van der Waals surface area contributed by atoms with Gasteiger partial charge in [-0.2, -0.15) is 8.78 Å². The quantitative estimate of drug-likeness (QED) is 0.718. The van der Waals surface area contributed by atoms with Crippen molar-refractivity contribution >= 4 is 17.3 Å². The Morgan fingerprint density at radius 3 is 2.33 bits per heavy atom. The normalized spacial score (nSPS) is 10.8. The van der Waals surface area contributed by atoms with Crippen LogP contribution in [0.5, 0.6) is 11.5 Å². The molecule has 1 N–H and O–H groups in total. The van der Waals surface area contributed by atoms with Crippen LogP contribution in [-0.2, 0) is 0 Å². The van der Waals surface area contributed by atoms with Gasteiger partial charge in [0.05, 0.1) is 12.7 Å². The largest absolute Gasteiger partial charge is 0.493 e. The molecule has 2 rings (SSSR count). The molecule has 0 aromatic heterocycles. The van der Waals surface area contributed by atoms with E-state index in [-0.39, 0.29) is 17.1 Å². The third-order valence-corrected chi connectivity index (χ3v) is 4.07. The number of hydrogen-bond acceptors (Lipinski definition) is 4. The highest BCUT2D eigenvalue weighted by atomic mass is 19.3. The van der Waals surface area contributed by atoms with Gasteiger partial charge in [-0.25, -0.2) is 0 Å². The zero-order valence-corrected chi connectivity index (χ0v) is 15.8. The average Bonchev–Trinajstić information content (AvgIpc) is 2.63. The van der Waals surface area contributed by atoms with E-state index < -0.39 is 12.5 Å². The molecular weight excluding hydrogens is 354 g/mol. The molecule has 0 heterocycles. The fraction of sp³-hybridized carbons (Fsp3) is 0.350. The maximum Gasteiger partial charge on any atom is 0.387 e. The second kappa shape index (κ2) is 9.21. The third kappa shape index (κ3) is 5.09. The van der Waals surface area contributed by atoms with Crippen LogP contribution < -0.4 is 19.7 Å². The van der Waals surface area contributed by atoms with Crippen LogP contribution in [0.2, 0.25) is 0 Å². The van der Waals surface area contributed by atoms with Gasteiger partial charge in [-0.1, -0.05) is 6.07 Å². The van der Waals surface area contributed by atoms with E-state index >= 15 is 0 Å². The number of para-hydroxylation sites is 1. The number of rotatable bonds is 8. The molecule has 5 nitrogen and oxygen atoms in total. The summed E-state index contributed by atoms with van der Waals surface area (Å²) in [5.74, 6) is -0.789. The maximum atomic E-state index is 12.7. The molecule has 27 heavy (non-hydrogen) atoms. The molecule has 0 unspecified atom stereocenters. The average molecular weight is 378 g/mol. The number of nitrogens with zero attached hydrogens (tertiary/aromatic N) is 1. The van der Waals surface area contributed by atoms with Crippen LogP contribution in [0.4, 0.5) is 20.2 Å². The van der Waals surface area contributed by atoms with E-state index in [0.29, 0.717) is 11.7 Å². The summed E-state index contributed by atoms with van der Waals surface area (Å²) in [6.45, 7) is 4.08. The highest BCUT2D eigenvalue weighted by molar-refractivity contribution is 6.06. The molecule has 0 fully saturated rings. The lowest BCUT2D eigenvalue weighted by Crippen LogP contribution is -2.30. The number of methoxy groups -OCH3 is 1. The number of carbonyl (C=O) groups is 1. The van der Waals surface area contributed by atoms with Crippen molar-refractivity contribution < 1.29 is 23.0 Å². The number of halogens is 2. The van der Waals surface area contributed by atoms with E-state index in [1.165, 1.54) is 25.3 Å². The number of amides is 1. The van der Waals surface area contributed by atoms with Crippen LogP contribution in [0.25, 0.3) is 0 Å². The zero-order valence-electron chi connectivity index (χ0n) is 15.8. The van der Waals surface area contributed by atoms with Gasteiger partial charge in [0.15, 0.2) is 11.5 Å². The molecule has 2 aromatic carbocycles. The number of alkyl halides is 2. The summed E-state index contributed by atoms with van der Waals surface area (Å²) in [5, 5.41) is 2.70. The van der Waals surface area contributed by atoms with E-state index in [0.717, 1.165) is 12.2 Å². The summed E-state index contributed by atoms with van der Waals surface area (Å²) >= 11 is 0. The van der Waals surface area contributed by atoms with Crippen LogP contribution in [0, 0.1) is 0 Å². The Balaban J connectivity index is 2.22. The Kier molecular flexibility index (Phi) is 6.98. The predicted octanol–water partition coefficient (Wildman–Crippen LogP) is 4.78. The third-order valence-electron chi connectivity index (χ3n) is 4.07. The van der Waals surface area contributed by atoms with Crippen molar-refractivity contribution in [1.82, 2.24) is 0 Å². The van der Waals surface area contributed by atoms with Gasteiger partial charge in [-0.15, -0.1) is 0 Å². The Labute approximate surface area is 157 Å². The Hall–Kier alpha value is -2.83. The minimum absolute atomic E-state index is 0.0314. The number of anilines is 2. The lowest BCUT2D eigenvalue weighted by molar-refractivity contribution is -0.0515. The number of carbonyl (C=O) groups excluding carboxylic acids is 1. The monoisotopic (exact) mass is 378 g/mol. The number of hydrogen-bond donors (Lipinski definition) is 1. The first-order valence-corrected chi connectivity index (χ1v) is 8.67. The van der Waals surface area contributed by atoms with Crippen molar-refractivity contribution in [2.75, 3.05) is 23.9 Å². The van der Waals surface area contributed by atoms with Crippen molar-refractivity contribution in [3.63, 3.8) is 0 Å². The SMILES string of the molecule is CCN(c1ccc(NC(=O)c2cccc(OC)c2OC(F)F)cc1)C(C)C. The smallest absolute Gasteiger partial charge is 0.387 e. The molecule has 0 aliphatic heterocycles. The molecule has 0 bridgehead atoms. The highest BCUT2D eigenvalue weighted by Crippen LogP contribution is 2.33. The van der Waals surface area contributed by atoms with Gasteiger partial charge >= 0.3 is 6.61 Å². The molecule has 1 amide bonds. The molecule has 0 saturated heterocycles. The van der Waals surface area contributed by atoms with E-state index in [1.54, 1.807) is 12.1 Å². The minimum Gasteiger partial charge on any atom is -0.493 e. The molecule has 2 aromatic rings. The van der Waals surface area contributed by atoms with Crippen LogP contribution in [0.3, 0.4) is 0 Å². The fourth-order valence-electron chi connectivity index (χ4n) is 2.85. The lowest BCUT2D eigenvalue weighted by atomic mass is 10.1. The van der Waals surface area contributed by atoms with E-state index in [9.17, 15) is 13.6 Å². The summed E-state index contributed by atoms with van der Waals surface area (Å²) in [4.78, 5) is 14.8. The van der Waals surface area contributed by atoms with E-state index in [1.807, 2.05) is 12.1 Å². The van der Waals surface area contributed by atoms with Crippen molar-refractivity contribution in [3.8, 4) is 11.5 Å². The van der Waals surface area contributed by atoms with Crippen LogP contribution in [0.1, 0.15) is 31.1 Å². The number of nitrogens with one attached hydrogen (secondary N) is 1. The predicted molar refractivity (Wildman–Crippen MR) is 102 cm³/mol. The van der Waals surface area contributed by atoms with Gasteiger partial charge in [0.1, 0.15) is 0 Å². The van der Waals surface area contributed by atoms with Crippen molar-refractivity contribution in [2.24, 2.45) is 0 Å². The summed E-state index contributed by atoms with van der Waals surface area (Å²) in [6, 6.07) is 12.1. The topological polar surface area (TPSA) is 50.8 Å². The van der Waals surface area contributed by atoms with E-state index in [4.69, 9.17) is 4.74 Å². The summed E-state index contributed by atoms with van der Waals surface area (Å²) in [5.41, 5.74) is 1.55. The fourth-order valence-corrected chi connectivity index (χ4v) is 2.85. The van der Waals surface area contributed by atoms with Crippen LogP contribution in [-0.4, -0.2) is 32.2 Å².